The van der Waals surface area contributed by atoms with E-state index in [0.717, 1.165) is 0 Å². The SMILES string of the molecule is O=C(COC(=O)c1ccccc1Br)Nc1ccc(Cl)cc1. The molecule has 0 unspecified atom stereocenters. The Kier molecular flexibility index (Phi) is 5.36. The second-order valence-corrected chi connectivity index (χ2v) is 5.40. The molecule has 1 amide bonds. The zero-order valence-corrected chi connectivity index (χ0v) is 13.1. The number of hydrogen-bond donors (Lipinski definition) is 1. The second-order valence-electron chi connectivity index (χ2n) is 4.11. The summed E-state index contributed by atoms with van der Waals surface area (Å²) in [4.78, 5) is 23.5. The van der Waals surface area contributed by atoms with Crippen molar-refractivity contribution in [3.05, 3.63) is 63.6 Å². The summed E-state index contributed by atoms with van der Waals surface area (Å²) in [5.41, 5.74) is 0.957. The van der Waals surface area contributed by atoms with Crippen molar-refractivity contribution >= 4 is 45.1 Å². The molecule has 21 heavy (non-hydrogen) atoms. The number of ether oxygens (including phenoxy) is 1. The lowest BCUT2D eigenvalue weighted by Crippen LogP contribution is -2.21. The Labute approximate surface area is 135 Å². The van der Waals surface area contributed by atoms with Crippen molar-refractivity contribution in [3.8, 4) is 0 Å². The molecule has 0 radical (unpaired) electrons. The summed E-state index contributed by atoms with van der Waals surface area (Å²) >= 11 is 9.00. The first-order chi connectivity index (χ1) is 10.1. The molecule has 4 nitrogen and oxygen atoms in total. The molecule has 0 atom stereocenters. The van der Waals surface area contributed by atoms with Crippen LogP contribution in [0.4, 0.5) is 5.69 Å². The highest BCUT2D eigenvalue weighted by molar-refractivity contribution is 9.10. The van der Waals surface area contributed by atoms with Gasteiger partial charge >= 0.3 is 5.97 Å². The molecule has 0 saturated heterocycles. The topological polar surface area (TPSA) is 55.4 Å². The average molecular weight is 369 g/mol. The lowest BCUT2D eigenvalue weighted by atomic mass is 10.2. The Bertz CT molecular complexity index is 658. The van der Waals surface area contributed by atoms with E-state index in [1.54, 1.807) is 48.5 Å². The molecule has 2 rings (SSSR count). The van der Waals surface area contributed by atoms with Crippen molar-refractivity contribution in [1.82, 2.24) is 0 Å². The molecule has 2 aromatic rings. The maximum atomic E-state index is 11.8. The van der Waals surface area contributed by atoms with Gasteiger partial charge in [-0.15, -0.1) is 0 Å². The smallest absolute Gasteiger partial charge is 0.339 e. The number of carbonyl (C=O) groups excluding carboxylic acids is 2. The fraction of sp³-hybridized carbons (Fsp3) is 0.0667. The van der Waals surface area contributed by atoms with Gasteiger partial charge in [0.2, 0.25) is 0 Å². The highest BCUT2D eigenvalue weighted by Gasteiger charge is 2.12. The van der Waals surface area contributed by atoms with Crippen molar-refractivity contribution in [2.75, 3.05) is 11.9 Å². The van der Waals surface area contributed by atoms with Crippen molar-refractivity contribution in [2.45, 2.75) is 0 Å². The van der Waals surface area contributed by atoms with Crippen molar-refractivity contribution < 1.29 is 14.3 Å². The van der Waals surface area contributed by atoms with Gasteiger partial charge in [0.15, 0.2) is 6.61 Å². The maximum Gasteiger partial charge on any atom is 0.339 e. The Morgan fingerprint density at radius 3 is 2.43 bits per heavy atom. The first-order valence-electron chi connectivity index (χ1n) is 6.03. The van der Waals surface area contributed by atoms with Gasteiger partial charge < -0.3 is 10.1 Å². The normalized spacial score (nSPS) is 10.0. The van der Waals surface area contributed by atoms with Crippen LogP contribution in [0.2, 0.25) is 5.02 Å². The summed E-state index contributed by atoms with van der Waals surface area (Å²) in [5.74, 6) is -0.980. The Morgan fingerprint density at radius 1 is 1.10 bits per heavy atom. The van der Waals surface area contributed by atoms with Crippen molar-refractivity contribution in [1.29, 1.82) is 0 Å². The van der Waals surface area contributed by atoms with Crippen LogP contribution in [-0.2, 0) is 9.53 Å². The van der Waals surface area contributed by atoms with Gasteiger partial charge in [-0.3, -0.25) is 4.79 Å². The van der Waals surface area contributed by atoms with Gasteiger partial charge in [0.25, 0.3) is 5.91 Å². The molecular formula is C15H11BrClNO3. The molecule has 2 aromatic carbocycles. The van der Waals surface area contributed by atoms with Gasteiger partial charge in [-0.25, -0.2) is 4.79 Å². The Hall–Kier alpha value is -1.85. The van der Waals surface area contributed by atoms with Gasteiger partial charge in [-0.1, -0.05) is 23.7 Å². The zero-order chi connectivity index (χ0) is 15.2. The molecule has 6 heteroatoms. The Balaban J connectivity index is 1.88. The molecule has 1 N–H and O–H groups in total. The summed E-state index contributed by atoms with van der Waals surface area (Å²) in [6, 6.07) is 13.5. The summed E-state index contributed by atoms with van der Waals surface area (Å²) < 4.78 is 5.58. The van der Waals surface area contributed by atoms with Gasteiger partial charge in [0.05, 0.1) is 5.56 Å². The minimum atomic E-state index is -0.561. The molecule has 0 bridgehead atoms. The number of esters is 1. The third-order valence-electron chi connectivity index (χ3n) is 2.56. The number of anilines is 1. The molecule has 0 spiro atoms. The van der Waals surface area contributed by atoms with E-state index in [9.17, 15) is 9.59 Å². The van der Waals surface area contributed by atoms with Crippen molar-refractivity contribution in [3.63, 3.8) is 0 Å². The summed E-state index contributed by atoms with van der Waals surface area (Å²) in [6.45, 7) is -0.358. The van der Waals surface area contributed by atoms with Crippen LogP contribution >= 0.6 is 27.5 Å². The quantitative estimate of drug-likeness (QED) is 0.833. The van der Waals surface area contributed by atoms with Crippen LogP contribution < -0.4 is 5.32 Å². The van der Waals surface area contributed by atoms with Crippen LogP contribution in [0.3, 0.4) is 0 Å². The van der Waals surface area contributed by atoms with Crippen LogP contribution in [0.1, 0.15) is 10.4 Å². The van der Waals surface area contributed by atoms with E-state index < -0.39 is 11.9 Å². The molecule has 0 aliphatic rings. The van der Waals surface area contributed by atoms with Gasteiger partial charge in [0.1, 0.15) is 0 Å². The van der Waals surface area contributed by atoms with Gasteiger partial charge in [-0.05, 0) is 52.3 Å². The highest BCUT2D eigenvalue weighted by atomic mass is 79.9. The first kappa shape index (κ1) is 15.5. The number of hydrogen-bond acceptors (Lipinski definition) is 3. The first-order valence-corrected chi connectivity index (χ1v) is 7.20. The standard InChI is InChI=1S/C15H11BrClNO3/c16-13-4-2-1-3-12(13)15(20)21-9-14(19)18-11-7-5-10(17)6-8-11/h1-8H,9H2,(H,18,19). The molecule has 0 aliphatic heterocycles. The van der Waals surface area contributed by atoms with E-state index in [1.807, 2.05) is 0 Å². The predicted octanol–water partition coefficient (Wildman–Crippen LogP) is 3.90. The van der Waals surface area contributed by atoms with Crippen LogP contribution in [0.15, 0.2) is 53.0 Å². The number of amides is 1. The van der Waals surface area contributed by atoms with Crippen LogP contribution in [0.25, 0.3) is 0 Å². The zero-order valence-electron chi connectivity index (χ0n) is 10.8. The second kappa shape index (κ2) is 7.24. The molecule has 108 valence electrons. The van der Waals surface area contributed by atoms with Gasteiger partial charge in [-0.2, -0.15) is 0 Å². The van der Waals surface area contributed by atoms with Gasteiger partial charge in [0, 0.05) is 15.2 Å². The van der Waals surface area contributed by atoms with E-state index in [4.69, 9.17) is 16.3 Å². The number of rotatable bonds is 4. The Morgan fingerprint density at radius 2 is 1.76 bits per heavy atom. The molecule has 0 saturated carbocycles. The minimum Gasteiger partial charge on any atom is -0.452 e. The largest absolute Gasteiger partial charge is 0.452 e. The van der Waals surface area contributed by atoms with Crippen LogP contribution in [-0.4, -0.2) is 18.5 Å². The number of carbonyl (C=O) groups is 2. The summed E-state index contributed by atoms with van der Waals surface area (Å²) in [6.07, 6.45) is 0. The lowest BCUT2D eigenvalue weighted by molar-refractivity contribution is -0.119. The number of nitrogens with one attached hydrogen (secondary N) is 1. The summed E-state index contributed by atoms with van der Waals surface area (Å²) in [5, 5.41) is 3.18. The average Bonchev–Trinajstić information content (AvgIpc) is 2.48. The number of benzene rings is 2. The van der Waals surface area contributed by atoms with E-state index in [-0.39, 0.29) is 6.61 Å². The fourth-order valence-electron chi connectivity index (χ4n) is 1.57. The number of halogens is 2. The maximum absolute atomic E-state index is 11.8. The third-order valence-corrected chi connectivity index (χ3v) is 3.50. The molecular weight excluding hydrogens is 358 g/mol. The van der Waals surface area contributed by atoms with Crippen LogP contribution in [0, 0.1) is 0 Å². The lowest BCUT2D eigenvalue weighted by Gasteiger charge is -2.07. The molecule has 0 aliphatic carbocycles. The van der Waals surface area contributed by atoms with E-state index in [1.165, 1.54) is 0 Å². The molecule has 0 fully saturated rings. The van der Waals surface area contributed by atoms with Crippen LogP contribution in [0.5, 0.6) is 0 Å². The highest BCUT2D eigenvalue weighted by Crippen LogP contribution is 2.17. The fourth-order valence-corrected chi connectivity index (χ4v) is 2.14. The monoisotopic (exact) mass is 367 g/mol. The molecule has 0 heterocycles. The van der Waals surface area contributed by atoms with E-state index >= 15 is 0 Å². The third kappa shape index (κ3) is 4.58. The van der Waals surface area contributed by atoms with E-state index in [2.05, 4.69) is 21.2 Å². The molecule has 0 aromatic heterocycles. The minimum absolute atomic E-state index is 0.358. The predicted molar refractivity (Wildman–Crippen MR) is 84.5 cm³/mol. The van der Waals surface area contributed by atoms with Crippen molar-refractivity contribution in [2.24, 2.45) is 0 Å². The van der Waals surface area contributed by atoms with E-state index in [0.29, 0.717) is 20.7 Å². The summed E-state index contributed by atoms with van der Waals surface area (Å²) in [7, 11) is 0.